The normalized spacial score (nSPS) is 21.2. The topological polar surface area (TPSA) is 215 Å². The van der Waals surface area contributed by atoms with Crippen LogP contribution in [0.2, 0.25) is 0 Å². The molecule has 8 rings (SSSR count). The lowest BCUT2D eigenvalue weighted by molar-refractivity contribution is -0.136. The number of amides is 5. The molecule has 4 aromatic rings. The number of ether oxygens (including phenoxy) is 2. The van der Waals surface area contributed by atoms with E-state index < -0.39 is 29.7 Å². The number of aromatic nitrogens is 5. The zero-order valence-corrected chi connectivity index (χ0v) is 32.3. The number of hydrogen-bond acceptors (Lipinski definition) is 14. The number of pyridine rings is 1. The van der Waals surface area contributed by atoms with Crippen LogP contribution in [0, 0.1) is 6.92 Å². The summed E-state index contributed by atoms with van der Waals surface area (Å²) in [4.78, 5) is 83.8. The van der Waals surface area contributed by atoms with Gasteiger partial charge in [-0.2, -0.15) is 0 Å². The van der Waals surface area contributed by atoms with Gasteiger partial charge < -0.3 is 34.9 Å². The van der Waals surface area contributed by atoms with Crippen molar-refractivity contribution in [3.05, 3.63) is 71.6 Å². The fraction of sp³-hybridized carbons (Fsp3) is 0.475. The van der Waals surface area contributed by atoms with E-state index in [1.54, 1.807) is 30.6 Å². The first-order valence-electron chi connectivity index (χ1n) is 19.9. The molecule has 0 radical (unpaired) electrons. The second kappa shape index (κ2) is 17.3. The second-order valence-corrected chi connectivity index (χ2v) is 15.1. The average Bonchev–Trinajstić information content (AvgIpc) is 3.74. The fourth-order valence-electron chi connectivity index (χ4n) is 7.94. The first-order valence-corrected chi connectivity index (χ1v) is 19.9. The number of rotatable bonds is 16. The predicted molar refractivity (Wildman–Crippen MR) is 210 cm³/mol. The van der Waals surface area contributed by atoms with Gasteiger partial charge in [-0.1, -0.05) is 6.07 Å². The number of carbonyl (C=O) groups is 5. The molecule has 304 valence electrons. The van der Waals surface area contributed by atoms with Gasteiger partial charge in [-0.15, -0.1) is 0 Å². The maximum atomic E-state index is 13.0. The molecule has 1 aromatic carbocycles. The molecule has 58 heavy (non-hydrogen) atoms. The summed E-state index contributed by atoms with van der Waals surface area (Å²) in [7, 11) is 0. The number of fused-ring (bicyclic) bond motifs is 2. The van der Waals surface area contributed by atoms with Gasteiger partial charge in [0.25, 0.3) is 17.7 Å². The maximum Gasteiger partial charge on any atom is 0.270 e. The third-order valence-corrected chi connectivity index (χ3v) is 11.2. The Bertz CT molecular complexity index is 2200. The monoisotopic (exact) mass is 793 g/mol. The van der Waals surface area contributed by atoms with Crippen LogP contribution in [0.5, 0.6) is 0 Å². The highest BCUT2D eigenvalue weighted by atomic mass is 16.5. The molecule has 0 spiro atoms. The molecule has 18 nitrogen and oxygen atoms in total. The summed E-state index contributed by atoms with van der Waals surface area (Å²) in [5.74, 6) is -1.52. The minimum absolute atomic E-state index is 0.0756. The SMILES string of the molecule is Cc1cccc(C(=O)NC2CC(n3cnc4c(NC5CCN(CCOCCOCCNc6ccc7c(c6)C(=O)N([C@H]6CCC(=O)NC6=O)C7=O)CC5)ncnc43)C2)n1. The van der Waals surface area contributed by atoms with Gasteiger partial charge in [-0.05, 0) is 69.4 Å². The van der Waals surface area contributed by atoms with E-state index in [9.17, 15) is 24.0 Å². The molecular formula is C40H47N11O7. The Morgan fingerprint density at radius 3 is 2.48 bits per heavy atom. The Kier molecular flexibility index (Phi) is 11.7. The molecular weight excluding hydrogens is 747 g/mol. The summed E-state index contributed by atoms with van der Waals surface area (Å²) in [5, 5.41) is 12.1. The van der Waals surface area contributed by atoms with E-state index >= 15 is 0 Å². The largest absolute Gasteiger partial charge is 0.383 e. The highest BCUT2D eigenvalue weighted by molar-refractivity contribution is 6.23. The third kappa shape index (κ3) is 8.53. The maximum absolute atomic E-state index is 13.0. The Morgan fingerprint density at radius 1 is 0.897 bits per heavy atom. The zero-order chi connectivity index (χ0) is 40.2. The number of carbonyl (C=O) groups excluding carboxylic acids is 5. The van der Waals surface area contributed by atoms with E-state index in [1.807, 2.05) is 25.4 Å². The second-order valence-electron chi connectivity index (χ2n) is 15.1. The highest BCUT2D eigenvalue weighted by Gasteiger charge is 2.44. The summed E-state index contributed by atoms with van der Waals surface area (Å²) >= 11 is 0. The van der Waals surface area contributed by atoms with Crippen LogP contribution >= 0.6 is 0 Å². The molecule has 1 aliphatic carbocycles. The van der Waals surface area contributed by atoms with Crippen molar-refractivity contribution in [2.45, 2.75) is 69.6 Å². The summed E-state index contributed by atoms with van der Waals surface area (Å²) in [5.41, 5.74) is 3.92. The van der Waals surface area contributed by atoms with Crippen LogP contribution in [-0.4, -0.2) is 135 Å². The van der Waals surface area contributed by atoms with Crippen molar-refractivity contribution in [3.63, 3.8) is 0 Å². The molecule has 3 aromatic heterocycles. The van der Waals surface area contributed by atoms with E-state index in [0.717, 1.165) is 72.9 Å². The van der Waals surface area contributed by atoms with Crippen molar-refractivity contribution in [1.29, 1.82) is 0 Å². The zero-order valence-electron chi connectivity index (χ0n) is 32.3. The number of likely N-dealkylation sites (tertiary alicyclic amines) is 1. The summed E-state index contributed by atoms with van der Waals surface area (Å²) in [6.45, 7) is 7.02. The first-order chi connectivity index (χ1) is 28.2. The van der Waals surface area contributed by atoms with Gasteiger partial charge in [-0.3, -0.25) is 34.2 Å². The van der Waals surface area contributed by atoms with Crippen LogP contribution in [0.25, 0.3) is 11.2 Å². The van der Waals surface area contributed by atoms with Crippen LogP contribution in [0.4, 0.5) is 11.5 Å². The number of piperidine rings is 2. The van der Waals surface area contributed by atoms with Crippen molar-refractivity contribution in [1.82, 2.24) is 44.9 Å². The van der Waals surface area contributed by atoms with Gasteiger partial charge in [0.15, 0.2) is 11.5 Å². The van der Waals surface area contributed by atoms with Gasteiger partial charge in [0.05, 0.1) is 43.9 Å². The Balaban J connectivity index is 0.690. The molecule has 18 heteroatoms. The van der Waals surface area contributed by atoms with E-state index in [2.05, 4.69) is 50.7 Å². The number of anilines is 2. The molecule has 0 unspecified atom stereocenters. The van der Waals surface area contributed by atoms with Crippen molar-refractivity contribution < 1.29 is 33.4 Å². The lowest BCUT2D eigenvalue weighted by atomic mass is 9.86. The lowest BCUT2D eigenvalue weighted by Crippen LogP contribution is -2.54. The minimum atomic E-state index is -0.992. The van der Waals surface area contributed by atoms with Crippen LogP contribution in [0.1, 0.15) is 81.5 Å². The number of imidazole rings is 1. The Hall–Kier alpha value is -5.85. The number of aryl methyl sites for hydroxylation is 1. The van der Waals surface area contributed by atoms with Crippen molar-refractivity contribution in [2.75, 3.05) is 63.2 Å². The fourth-order valence-corrected chi connectivity index (χ4v) is 7.94. The molecule has 5 amide bonds. The van der Waals surface area contributed by atoms with Gasteiger partial charge in [0.2, 0.25) is 11.8 Å². The predicted octanol–water partition coefficient (Wildman–Crippen LogP) is 2.09. The van der Waals surface area contributed by atoms with E-state index in [-0.39, 0.29) is 48.0 Å². The molecule has 3 aliphatic heterocycles. The molecule has 4 aliphatic rings. The Morgan fingerprint density at radius 2 is 1.69 bits per heavy atom. The summed E-state index contributed by atoms with van der Waals surface area (Å²) in [6, 6.07) is 9.90. The van der Waals surface area contributed by atoms with E-state index in [0.29, 0.717) is 44.4 Å². The quantitative estimate of drug-likeness (QED) is 0.0945. The van der Waals surface area contributed by atoms with Crippen LogP contribution in [-0.2, 0) is 19.1 Å². The molecule has 3 fully saturated rings. The van der Waals surface area contributed by atoms with Gasteiger partial charge >= 0.3 is 0 Å². The molecule has 1 atom stereocenters. The number of nitrogens with zero attached hydrogens (tertiary/aromatic N) is 7. The minimum Gasteiger partial charge on any atom is -0.383 e. The van der Waals surface area contributed by atoms with Crippen molar-refractivity contribution >= 4 is 52.2 Å². The number of nitrogens with one attached hydrogen (secondary N) is 4. The molecule has 0 bridgehead atoms. The molecule has 1 saturated carbocycles. The summed E-state index contributed by atoms with van der Waals surface area (Å²) in [6.07, 6.45) is 7.13. The highest BCUT2D eigenvalue weighted by Crippen LogP contribution is 2.35. The molecule has 2 saturated heterocycles. The van der Waals surface area contributed by atoms with Gasteiger partial charge in [-0.25, -0.2) is 19.9 Å². The van der Waals surface area contributed by atoms with Gasteiger partial charge in [0.1, 0.15) is 23.6 Å². The van der Waals surface area contributed by atoms with E-state index in [4.69, 9.17) is 9.47 Å². The summed E-state index contributed by atoms with van der Waals surface area (Å²) < 4.78 is 13.6. The van der Waals surface area contributed by atoms with Gasteiger partial charge in [0, 0.05) is 62.1 Å². The number of benzene rings is 1. The first kappa shape index (κ1) is 39.0. The third-order valence-electron chi connectivity index (χ3n) is 11.2. The van der Waals surface area contributed by atoms with Crippen LogP contribution in [0.3, 0.4) is 0 Å². The standard InChI is InChI=1S/C40H47N11O7/c1-24-3-2-4-31(45-24)37(53)47-27-19-28(20-27)50-23-44-34-35(42-22-43-36(34)50)46-25-9-12-49(13-10-25)14-16-58-18-17-57-15-11-41-26-5-6-29-30(21-26)40(56)51(39(29)55)32-7-8-33(52)48-38(32)54/h2-6,21-23,25,27-28,32,41H,7-20H2,1H3,(H,47,53)(H,42,43,46)(H,48,52,54)/t27?,28?,32-/m0/s1. The van der Waals surface area contributed by atoms with Crippen LogP contribution < -0.4 is 21.3 Å². The van der Waals surface area contributed by atoms with Crippen molar-refractivity contribution in [3.8, 4) is 0 Å². The van der Waals surface area contributed by atoms with Crippen molar-refractivity contribution in [2.24, 2.45) is 0 Å². The van der Waals surface area contributed by atoms with E-state index in [1.165, 1.54) is 0 Å². The lowest BCUT2D eigenvalue weighted by Gasteiger charge is -2.36. The number of hydrogen-bond donors (Lipinski definition) is 4. The molecule has 6 heterocycles. The Labute approximate surface area is 334 Å². The van der Waals surface area contributed by atoms with Crippen LogP contribution in [0.15, 0.2) is 49.1 Å². The smallest absolute Gasteiger partial charge is 0.270 e. The molecule has 4 N–H and O–H groups in total. The number of imide groups is 2. The average molecular weight is 794 g/mol.